The van der Waals surface area contributed by atoms with Gasteiger partial charge in [-0.1, -0.05) is 25.3 Å². The van der Waals surface area contributed by atoms with Gasteiger partial charge in [0.1, 0.15) is 18.2 Å². The van der Waals surface area contributed by atoms with E-state index in [0.29, 0.717) is 0 Å². The molecule has 0 N–H and O–H groups in total. The molecule has 62 valence electrons. The maximum atomic E-state index is 10.9. The van der Waals surface area contributed by atoms with E-state index in [1.807, 2.05) is 0 Å². The van der Waals surface area contributed by atoms with E-state index in [2.05, 4.69) is 17.9 Å². The third-order valence-corrected chi connectivity index (χ3v) is 0.957. The fraction of sp³-hybridized carbons (Fsp3) is 0.111. The monoisotopic (exact) mass is 163 g/mol. The lowest BCUT2D eigenvalue weighted by atomic mass is 10.3. The van der Waals surface area contributed by atoms with Crippen LogP contribution in [0.5, 0.6) is 0 Å². The smallest absolute Gasteiger partial charge is 0.349 e. The van der Waals surface area contributed by atoms with Crippen molar-refractivity contribution in [1.82, 2.24) is 0 Å². The molecule has 0 aliphatic rings. The lowest BCUT2D eigenvalue weighted by Gasteiger charge is -1.97. The predicted molar refractivity (Wildman–Crippen MR) is 45.0 cm³/mol. The summed E-state index contributed by atoms with van der Waals surface area (Å²) in [7, 11) is 0. The van der Waals surface area contributed by atoms with Crippen LogP contribution in [0, 0.1) is 11.3 Å². The largest absolute Gasteiger partial charge is 0.457 e. The van der Waals surface area contributed by atoms with Crippen molar-refractivity contribution in [3.8, 4) is 6.07 Å². The molecule has 0 amide bonds. The normalized spacial score (nSPS) is 9.75. The minimum atomic E-state index is -0.655. The van der Waals surface area contributed by atoms with Crippen LogP contribution in [-0.4, -0.2) is 12.6 Å². The van der Waals surface area contributed by atoms with Gasteiger partial charge in [-0.3, -0.25) is 0 Å². The van der Waals surface area contributed by atoms with Crippen molar-refractivity contribution in [2.24, 2.45) is 0 Å². The summed E-state index contributed by atoms with van der Waals surface area (Å²) in [6.45, 7) is 6.83. The number of hydrogen-bond donors (Lipinski definition) is 0. The Balaban J connectivity index is 4.25. The highest BCUT2D eigenvalue weighted by Gasteiger charge is 2.07. The van der Waals surface area contributed by atoms with Crippen molar-refractivity contribution >= 4 is 5.97 Å². The van der Waals surface area contributed by atoms with Crippen LogP contribution in [0.3, 0.4) is 0 Å². The molecule has 0 saturated heterocycles. The van der Waals surface area contributed by atoms with E-state index in [1.165, 1.54) is 18.2 Å². The van der Waals surface area contributed by atoms with Gasteiger partial charge in [0.15, 0.2) is 0 Å². The second-order valence-electron chi connectivity index (χ2n) is 1.81. The number of nitrogens with zero attached hydrogens (tertiary/aromatic N) is 1. The van der Waals surface area contributed by atoms with Crippen LogP contribution in [0.4, 0.5) is 0 Å². The number of allylic oxidation sites excluding steroid dienone is 2. The summed E-state index contributed by atoms with van der Waals surface area (Å²) in [6.07, 6.45) is 4.08. The maximum Gasteiger partial charge on any atom is 0.349 e. The van der Waals surface area contributed by atoms with Crippen LogP contribution in [-0.2, 0) is 9.53 Å². The predicted octanol–water partition coefficient (Wildman–Crippen LogP) is 1.35. The average Bonchev–Trinajstić information content (AvgIpc) is 2.10. The Morgan fingerprint density at radius 2 is 2.25 bits per heavy atom. The quantitative estimate of drug-likeness (QED) is 0.207. The Hall–Kier alpha value is -1.82. The highest BCUT2D eigenvalue weighted by Crippen LogP contribution is 1.96. The molecule has 0 fully saturated rings. The molecule has 12 heavy (non-hydrogen) atoms. The molecule has 0 aromatic rings. The average molecular weight is 163 g/mol. The summed E-state index contributed by atoms with van der Waals surface area (Å²) < 4.78 is 4.60. The molecular formula is C9H9NO2. The lowest BCUT2D eigenvalue weighted by Crippen LogP contribution is -2.06. The van der Waals surface area contributed by atoms with Crippen LogP contribution in [0.2, 0.25) is 0 Å². The van der Waals surface area contributed by atoms with Gasteiger partial charge in [-0.05, 0) is 6.08 Å². The van der Waals surface area contributed by atoms with Crippen LogP contribution in [0.25, 0.3) is 0 Å². The molecule has 0 aromatic heterocycles. The van der Waals surface area contributed by atoms with Gasteiger partial charge in [-0.15, -0.1) is 0 Å². The number of carbonyl (C=O) groups is 1. The molecule has 3 nitrogen and oxygen atoms in total. The molecule has 0 atom stereocenters. The maximum absolute atomic E-state index is 10.9. The van der Waals surface area contributed by atoms with Crippen molar-refractivity contribution in [2.75, 3.05) is 6.61 Å². The van der Waals surface area contributed by atoms with Gasteiger partial charge in [0.2, 0.25) is 0 Å². The summed E-state index contributed by atoms with van der Waals surface area (Å²) in [6, 6.07) is 1.69. The second kappa shape index (κ2) is 5.93. The third-order valence-electron chi connectivity index (χ3n) is 0.957. The van der Waals surface area contributed by atoms with Crippen molar-refractivity contribution in [2.45, 2.75) is 0 Å². The SMILES string of the molecule is C=C/C=C(\C#N)C(=O)OCC=C. The van der Waals surface area contributed by atoms with Crippen molar-refractivity contribution < 1.29 is 9.53 Å². The molecule has 0 rings (SSSR count). The second-order valence-corrected chi connectivity index (χ2v) is 1.81. The summed E-state index contributed by atoms with van der Waals surface area (Å²) in [5, 5.41) is 8.43. The van der Waals surface area contributed by atoms with Gasteiger partial charge in [-0.25, -0.2) is 4.79 Å². The van der Waals surface area contributed by atoms with Gasteiger partial charge >= 0.3 is 5.97 Å². The van der Waals surface area contributed by atoms with E-state index in [1.54, 1.807) is 6.07 Å². The van der Waals surface area contributed by atoms with E-state index in [9.17, 15) is 4.79 Å². The van der Waals surface area contributed by atoms with Crippen molar-refractivity contribution in [1.29, 1.82) is 5.26 Å². The van der Waals surface area contributed by atoms with E-state index in [0.717, 1.165) is 0 Å². The van der Waals surface area contributed by atoms with Gasteiger partial charge in [-0.2, -0.15) is 5.26 Å². The minimum Gasteiger partial charge on any atom is -0.457 e. The number of nitriles is 1. The van der Waals surface area contributed by atoms with Crippen LogP contribution in [0.1, 0.15) is 0 Å². The first-order valence-electron chi connectivity index (χ1n) is 3.27. The first-order chi connectivity index (χ1) is 5.76. The molecule has 0 radical (unpaired) electrons. The molecule has 0 bridgehead atoms. The molecule has 0 aliphatic carbocycles. The van der Waals surface area contributed by atoms with Crippen molar-refractivity contribution in [3.05, 3.63) is 37.0 Å². The summed E-state index contributed by atoms with van der Waals surface area (Å²) in [5.41, 5.74) is -0.0631. The zero-order valence-corrected chi connectivity index (χ0v) is 6.62. The summed E-state index contributed by atoms with van der Waals surface area (Å²) in [4.78, 5) is 10.9. The Bertz CT molecular complexity index is 258. The molecular weight excluding hydrogens is 154 g/mol. The Kier molecular flexibility index (Phi) is 5.03. The molecule has 0 aromatic carbocycles. The number of rotatable bonds is 4. The van der Waals surface area contributed by atoms with Gasteiger partial charge in [0.05, 0.1) is 0 Å². The number of ether oxygens (including phenoxy) is 1. The Labute approximate surface area is 71.3 Å². The molecule has 0 heterocycles. The zero-order valence-electron chi connectivity index (χ0n) is 6.62. The van der Waals surface area contributed by atoms with E-state index >= 15 is 0 Å². The van der Waals surface area contributed by atoms with E-state index < -0.39 is 5.97 Å². The van der Waals surface area contributed by atoms with Crippen LogP contribution >= 0.6 is 0 Å². The van der Waals surface area contributed by atoms with Crippen molar-refractivity contribution in [3.63, 3.8) is 0 Å². The zero-order chi connectivity index (χ0) is 9.40. The van der Waals surface area contributed by atoms with Gasteiger partial charge in [0.25, 0.3) is 0 Å². The van der Waals surface area contributed by atoms with Crippen LogP contribution in [0.15, 0.2) is 37.0 Å². The fourth-order valence-corrected chi connectivity index (χ4v) is 0.481. The Morgan fingerprint density at radius 1 is 1.58 bits per heavy atom. The summed E-state index contributed by atoms with van der Waals surface area (Å²) >= 11 is 0. The standard InChI is InChI=1S/C9H9NO2/c1-3-5-8(7-10)9(11)12-6-4-2/h3-5H,1-2,6H2/b8-5+. The van der Waals surface area contributed by atoms with E-state index in [-0.39, 0.29) is 12.2 Å². The molecule has 0 spiro atoms. The first-order valence-corrected chi connectivity index (χ1v) is 3.27. The first kappa shape index (κ1) is 10.2. The summed E-state index contributed by atoms with van der Waals surface area (Å²) in [5.74, 6) is -0.655. The number of carbonyl (C=O) groups excluding carboxylic acids is 1. The molecule has 3 heteroatoms. The third kappa shape index (κ3) is 3.37. The highest BCUT2D eigenvalue weighted by atomic mass is 16.5. The molecule has 0 unspecified atom stereocenters. The topological polar surface area (TPSA) is 50.1 Å². The Morgan fingerprint density at radius 3 is 2.67 bits per heavy atom. The van der Waals surface area contributed by atoms with E-state index in [4.69, 9.17) is 5.26 Å². The minimum absolute atomic E-state index is 0.0631. The number of esters is 1. The lowest BCUT2D eigenvalue weighted by molar-refractivity contribution is -0.137. The molecule has 0 saturated carbocycles. The molecule has 0 aliphatic heterocycles. The van der Waals surface area contributed by atoms with Gasteiger partial charge in [0, 0.05) is 0 Å². The van der Waals surface area contributed by atoms with Gasteiger partial charge < -0.3 is 4.74 Å². The van der Waals surface area contributed by atoms with Crippen LogP contribution < -0.4 is 0 Å². The number of hydrogen-bond acceptors (Lipinski definition) is 3. The highest BCUT2D eigenvalue weighted by molar-refractivity contribution is 5.93. The fourth-order valence-electron chi connectivity index (χ4n) is 0.481.